The first kappa shape index (κ1) is 38.1. The molecule has 2 bridgehead atoms. The highest BCUT2D eigenvalue weighted by Crippen LogP contribution is 2.66. The minimum Gasteiger partial charge on any atom is -0.493 e. The summed E-state index contributed by atoms with van der Waals surface area (Å²) >= 11 is 0. The molecule has 2 heterocycles. The maximum atomic E-state index is 14.0. The molecule has 0 saturated carbocycles. The van der Waals surface area contributed by atoms with Crippen LogP contribution in [0.5, 0.6) is 11.5 Å². The molecule has 2 aromatic carbocycles. The second-order valence-corrected chi connectivity index (χ2v) is 15.3. The minimum absolute atomic E-state index is 0.152. The number of carbonyl (C=O) groups is 2. The van der Waals surface area contributed by atoms with Crippen LogP contribution in [0.3, 0.4) is 0 Å². The number of benzene rings is 2. The summed E-state index contributed by atoms with van der Waals surface area (Å²) in [6, 6.07) is 13.0. The molecule has 0 unspecified atom stereocenters. The predicted molar refractivity (Wildman–Crippen MR) is 202 cm³/mol. The van der Waals surface area contributed by atoms with Crippen LogP contribution in [0.1, 0.15) is 132 Å². The molecule has 0 radical (unpaired) electrons. The summed E-state index contributed by atoms with van der Waals surface area (Å²) in [7, 11) is 3.60. The quantitative estimate of drug-likeness (QED) is 0.0826. The number of hydrogen-bond acceptors (Lipinski definition) is 8. The molecule has 1 spiro atoms. The van der Waals surface area contributed by atoms with Crippen LogP contribution in [0.25, 0.3) is 0 Å². The normalized spacial score (nSPS) is 24.9. The van der Waals surface area contributed by atoms with E-state index < -0.39 is 35.3 Å². The van der Waals surface area contributed by atoms with Crippen LogP contribution in [-0.4, -0.2) is 54.5 Å². The number of carbonyl (C=O) groups excluding carboxylic acids is 2. The Kier molecular flexibility index (Phi) is 12.8. The molecule has 282 valence electrons. The second kappa shape index (κ2) is 17.5. The molecule has 0 amide bonds. The van der Waals surface area contributed by atoms with Gasteiger partial charge in [-0.05, 0) is 69.7 Å². The van der Waals surface area contributed by atoms with Crippen molar-refractivity contribution in [3.05, 3.63) is 83.1 Å². The van der Waals surface area contributed by atoms with Gasteiger partial charge in [0.25, 0.3) is 0 Å². The molecule has 0 aromatic heterocycles. The number of esters is 2. The van der Waals surface area contributed by atoms with Gasteiger partial charge in [-0.15, -0.1) is 0 Å². The number of aliphatic hydroxyl groups is 1. The van der Waals surface area contributed by atoms with E-state index in [1.165, 1.54) is 44.9 Å². The summed E-state index contributed by atoms with van der Waals surface area (Å²) in [6.07, 6.45) is 22.0. The Labute approximate surface area is 310 Å². The first-order valence-corrected chi connectivity index (χ1v) is 19.9. The molecular weight excluding hydrogens is 654 g/mol. The van der Waals surface area contributed by atoms with E-state index in [9.17, 15) is 14.7 Å². The van der Waals surface area contributed by atoms with Crippen molar-refractivity contribution in [2.45, 2.75) is 139 Å². The third kappa shape index (κ3) is 7.84. The fourth-order valence-electron chi connectivity index (χ4n) is 9.17. The standard InChI is InChI=1S/C44H59NO7/c1-4-5-6-7-8-9-10-11-12-13-14-15-16-17-21-24-37(46)51-39(32-22-19-18-20-23-32)42(47)50-35-27-28-36-43-29-30-45(2)44(36,48)31-33-25-26-34(49-3)40(38(33)43)52-41(35)43/h11-12,18-20,22-23,25-27,36,39,41,48H,4-10,13-17,21,24,28-31H2,1-3H3/b12-11-/t36-,39-,41-,43-,44+/m0/s1. The maximum absolute atomic E-state index is 14.0. The van der Waals surface area contributed by atoms with Gasteiger partial charge in [-0.1, -0.05) is 107 Å². The zero-order valence-electron chi connectivity index (χ0n) is 31.6. The molecule has 2 aliphatic carbocycles. The van der Waals surface area contributed by atoms with Crippen LogP contribution in [0, 0.1) is 5.92 Å². The van der Waals surface area contributed by atoms with E-state index in [-0.39, 0.29) is 12.3 Å². The highest BCUT2D eigenvalue weighted by molar-refractivity contribution is 5.81. The number of likely N-dealkylation sites (tertiary alicyclic amines) is 1. The van der Waals surface area contributed by atoms with E-state index >= 15 is 0 Å². The molecule has 52 heavy (non-hydrogen) atoms. The summed E-state index contributed by atoms with van der Waals surface area (Å²) in [4.78, 5) is 29.2. The lowest BCUT2D eigenvalue weighted by atomic mass is 9.51. The summed E-state index contributed by atoms with van der Waals surface area (Å²) in [5, 5.41) is 12.1. The first-order chi connectivity index (χ1) is 25.3. The molecular formula is C44H59NO7. The van der Waals surface area contributed by atoms with Crippen LogP contribution in [0.15, 0.2) is 66.5 Å². The third-order valence-electron chi connectivity index (χ3n) is 12.0. The number of allylic oxidation sites excluding steroid dienone is 3. The minimum atomic E-state index is -1.21. The van der Waals surface area contributed by atoms with Gasteiger partial charge in [0.15, 0.2) is 17.6 Å². The number of hydrogen-bond donors (Lipinski definition) is 1. The smallest absolute Gasteiger partial charge is 0.357 e. The molecule has 8 heteroatoms. The average molecular weight is 714 g/mol. The Bertz CT molecular complexity index is 1590. The van der Waals surface area contributed by atoms with Crippen molar-refractivity contribution >= 4 is 11.9 Å². The van der Waals surface area contributed by atoms with Crippen molar-refractivity contribution in [2.24, 2.45) is 5.92 Å². The van der Waals surface area contributed by atoms with Gasteiger partial charge in [0.05, 0.1) is 12.5 Å². The van der Waals surface area contributed by atoms with Crippen LogP contribution < -0.4 is 9.47 Å². The number of likely N-dealkylation sites (N-methyl/N-ethyl adjacent to an activating group) is 1. The number of methoxy groups -OCH3 is 1. The van der Waals surface area contributed by atoms with Gasteiger partial charge in [0.2, 0.25) is 6.10 Å². The molecule has 4 aliphatic rings. The van der Waals surface area contributed by atoms with Crippen molar-refractivity contribution in [1.29, 1.82) is 0 Å². The zero-order chi connectivity index (χ0) is 36.6. The number of ether oxygens (including phenoxy) is 4. The van der Waals surface area contributed by atoms with E-state index in [1.54, 1.807) is 19.2 Å². The summed E-state index contributed by atoms with van der Waals surface area (Å²) in [5.41, 5.74) is 1.02. The van der Waals surface area contributed by atoms with Gasteiger partial charge in [-0.25, -0.2) is 4.79 Å². The van der Waals surface area contributed by atoms with Gasteiger partial charge in [0, 0.05) is 36.4 Å². The Morgan fingerprint density at radius 1 is 0.962 bits per heavy atom. The number of nitrogens with zero attached hydrogens (tertiary/aromatic N) is 1. The van der Waals surface area contributed by atoms with Crippen molar-refractivity contribution in [2.75, 3.05) is 20.7 Å². The Morgan fingerprint density at radius 2 is 1.65 bits per heavy atom. The van der Waals surface area contributed by atoms with Crippen LogP contribution in [0.2, 0.25) is 0 Å². The Balaban J connectivity index is 1.03. The number of rotatable bonds is 20. The lowest BCUT2D eigenvalue weighted by molar-refractivity contribution is -0.205. The molecule has 2 aromatic rings. The van der Waals surface area contributed by atoms with Gasteiger partial charge in [0.1, 0.15) is 11.5 Å². The van der Waals surface area contributed by atoms with Gasteiger partial charge in [-0.2, -0.15) is 0 Å². The number of unbranched alkanes of at least 4 members (excludes halogenated alkanes) is 11. The molecule has 2 aliphatic heterocycles. The van der Waals surface area contributed by atoms with Crippen LogP contribution in [0.4, 0.5) is 0 Å². The zero-order valence-corrected chi connectivity index (χ0v) is 31.6. The number of piperidine rings is 1. The van der Waals surface area contributed by atoms with E-state index in [4.69, 9.17) is 18.9 Å². The van der Waals surface area contributed by atoms with Crippen molar-refractivity contribution < 1.29 is 33.6 Å². The fourth-order valence-corrected chi connectivity index (χ4v) is 9.17. The largest absolute Gasteiger partial charge is 0.493 e. The maximum Gasteiger partial charge on any atom is 0.357 e. The monoisotopic (exact) mass is 713 g/mol. The summed E-state index contributed by atoms with van der Waals surface area (Å²) in [5.74, 6) is 0.469. The highest BCUT2D eigenvalue weighted by Gasteiger charge is 2.69. The fraction of sp³-hybridized carbons (Fsp3) is 0.591. The van der Waals surface area contributed by atoms with Gasteiger partial charge < -0.3 is 24.1 Å². The molecule has 5 atom stereocenters. The Hall–Kier alpha value is -3.62. The van der Waals surface area contributed by atoms with Crippen LogP contribution >= 0.6 is 0 Å². The van der Waals surface area contributed by atoms with Gasteiger partial charge >= 0.3 is 11.9 Å². The summed E-state index contributed by atoms with van der Waals surface area (Å²) in [6.45, 7) is 2.93. The predicted octanol–water partition coefficient (Wildman–Crippen LogP) is 9.04. The lowest BCUT2D eigenvalue weighted by Crippen LogP contribution is -2.70. The van der Waals surface area contributed by atoms with Crippen LogP contribution in [-0.2, 0) is 30.9 Å². The topological polar surface area (TPSA) is 94.5 Å². The van der Waals surface area contributed by atoms with Crippen molar-refractivity contribution in [1.82, 2.24) is 4.90 Å². The lowest BCUT2D eigenvalue weighted by Gasteiger charge is -2.60. The highest BCUT2D eigenvalue weighted by atomic mass is 16.6. The molecule has 6 rings (SSSR count). The molecule has 8 nitrogen and oxygen atoms in total. The van der Waals surface area contributed by atoms with Crippen molar-refractivity contribution in [3.8, 4) is 11.5 Å². The Morgan fingerprint density at radius 3 is 2.37 bits per heavy atom. The average Bonchev–Trinajstić information content (AvgIpc) is 3.51. The van der Waals surface area contributed by atoms with E-state index in [2.05, 4.69) is 24.0 Å². The summed E-state index contributed by atoms with van der Waals surface area (Å²) < 4.78 is 24.5. The van der Waals surface area contributed by atoms with Crippen molar-refractivity contribution in [3.63, 3.8) is 0 Å². The first-order valence-electron chi connectivity index (χ1n) is 19.9. The van der Waals surface area contributed by atoms with Gasteiger partial charge in [-0.3, -0.25) is 9.69 Å². The van der Waals surface area contributed by atoms with E-state index in [1.807, 2.05) is 43.5 Å². The molecule has 1 saturated heterocycles. The second-order valence-electron chi connectivity index (χ2n) is 15.3. The molecule has 1 N–H and O–H groups in total. The molecule has 1 fully saturated rings. The van der Waals surface area contributed by atoms with E-state index in [0.717, 1.165) is 49.7 Å². The third-order valence-corrected chi connectivity index (χ3v) is 12.0. The van der Waals surface area contributed by atoms with E-state index in [0.29, 0.717) is 48.6 Å². The SMILES string of the molecule is CCCCCCCC/C=C\CCCCCCCC(=O)O[C@H](C(=O)OC1=CC[C@H]2[C@@]34CCN(C)[C@@]2(O)Cc2ccc(OC)c(c23)O[C@@H]14)c1ccccc1.